The molecule has 0 fully saturated rings. The van der Waals surface area contributed by atoms with Crippen molar-refractivity contribution in [1.82, 2.24) is 4.90 Å². The Bertz CT molecular complexity index is 430. The highest BCUT2D eigenvalue weighted by Crippen LogP contribution is 2.09. The average Bonchev–Trinajstić information content (AvgIpc) is 2.39. The van der Waals surface area contributed by atoms with Crippen molar-refractivity contribution in [3.63, 3.8) is 0 Å². The lowest BCUT2D eigenvalue weighted by Gasteiger charge is -2.20. The minimum absolute atomic E-state index is 0.129. The van der Waals surface area contributed by atoms with Gasteiger partial charge in [0.05, 0.1) is 6.61 Å². The normalized spacial score (nSPS) is 12.1. The zero-order valence-electron chi connectivity index (χ0n) is 12.3. The van der Waals surface area contributed by atoms with Crippen LogP contribution < -0.4 is 0 Å². The highest BCUT2D eigenvalue weighted by Gasteiger charge is 2.05. The van der Waals surface area contributed by atoms with E-state index >= 15 is 0 Å². The number of nitrogens with zero attached hydrogens (tertiary/aromatic N) is 1. The molecule has 0 aliphatic heterocycles. The first-order chi connectivity index (χ1) is 9.15. The van der Waals surface area contributed by atoms with Crippen LogP contribution >= 0.6 is 0 Å². The van der Waals surface area contributed by atoms with Crippen molar-refractivity contribution >= 4 is 0 Å². The number of aliphatic hydroxyl groups is 1. The smallest absolute Gasteiger partial charge is 0.0540 e. The van der Waals surface area contributed by atoms with Gasteiger partial charge < -0.3 is 10.0 Å². The Labute approximate surface area is 117 Å². The van der Waals surface area contributed by atoms with Crippen molar-refractivity contribution in [3.8, 4) is 11.8 Å². The Morgan fingerprint density at radius 3 is 2.84 bits per heavy atom. The lowest BCUT2D eigenvalue weighted by Crippen LogP contribution is -2.23. The molecule has 1 aromatic carbocycles. The molecule has 0 spiro atoms. The Hall–Kier alpha value is -1.30. The van der Waals surface area contributed by atoms with Crippen LogP contribution in [0, 0.1) is 17.8 Å². The Morgan fingerprint density at radius 1 is 1.37 bits per heavy atom. The number of hydrogen-bond acceptors (Lipinski definition) is 2. The maximum absolute atomic E-state index is 8.72. The molecule has 19 heavy (non-hydrogen) atoms. The standard InChI is InChI=1S/C17H25NO/c1-4-15(2)13-18(3)14-17-10-7-9-16(12-17)8-5-6-11-19/h7,9-10,12,15,19H,4,6,11,13-14H2,1-3H3. The molecule has 1 unspecified atom stereocenters. The summed E-state index contributed by atoms with van der Waals surface area (Å²) in [5, 5.41) is 8.72. The van der Waals surface area contributed by atoms with Gasteiger partial charge in [0.15, 0.2) is 0 Å². The van der Waals surface area contributed by atoms with E-state index in [4.69, 9.17) is 5.11 Å². The fourth-order valence-electron chi connectivity index (χ4n) is 2.01. The SMILES string of the molecule is CCC(C)CN(C)Cc1cccc(C#CCCO)c1. The molecule has 0 aromatic heterocycles. The van der Waals surface area contributed by atoms with Gasteiger partial charge in [0.25, 0.3) is 0 Å². The number of benzene rings is 1. The third-order valence-corrected chi connectivity index (χ3v) is 3.17. The maximum Gasteiger partial charge on any atom is 0.0540 e. The summed E-state index contributed by atoms with van der Waals surface area (Å²) in [7, 11) is 2.16. The van der Waals surface area contributed by atoms with Crippen LogP contribution in [0.5, 0.6) is 0 Å². The molecule has 0 saturated heterocycles. The third kappa shape index (κ3) is 6.42. The summed E-state index contributed by atoms with van der Waals surface area (Å²) in [5.41, 5.74) is 2.32. The lowest BCUT2D eigenvalue weighted by atomic mass is 10.1. The molecule has 104 valence electrons. The maximum atomic E-state index is 8.72. The second kappa shape index (κ2) is 8.74. The van der Waals surface area contributed by atoms with Crippen molar-refractivity contribution in [2.45, 2.75) is 33.2 Å². The van der Waals surface area contributed by atoms with Gasteiger partial charge in [-0.05, 0) is 30.7 Å². The molecular weight excluding hydrogens is 234 g/mol. The zero-order valence-corrected chi connectivity index (χ0v) is 12.3. The van der Waals surface area contributed by atoms with E-state index < -0.39 is 0 Å². The highest BCUT2D eigenvalue weighted by atomic mass is 16.2. The van der Waals surface area contributed by atoms with Crippen molar-refractivity contribution in [2.24, 2.45) is 5.92 Å². The van der Waals surface area contributed by atoms with E-state index in [1.165, 1.54) is 12.0 Å². The van der Waals surface area contributed by atoms with Crippen molar-refractivity contribution in [3.05, 3.63) is 35.4 Å². The van der Waals surface area contributed by atoms with Gasteiger partial charge in [0.2, 0.25) is 0 Å². The van der Waals surface area contributed by atoms with E-state index in [9.17, 15) is 0 Å². The largest absolute Gasteiger partial charge is 0.395 e. The fourth-order valence-corrected chi connectivity index (χ4v) is 2.01. The molecule has 2 heteroatoms. The molecule has 1 aromatic rings. The predicted octanol–water partition coefficient (Wildman–Crippen LogP) is 2.90. The van der Waals surface area contributed by atoms with Gasteiger partial charge in [-0.15, -0.1) is 0 Å². The van der Waals surface area contributed by atoms with Gasteiger partial charge in [-0.3, -0.25) is 0 Å². The first-order valence-electron chi connectivity index (χ1n) is 7.03. The molecular formula is C17H25NO. The Morgan fingerprint density at radius 2 is 2.16 bits per heavy atom. The summed E-state index contributed by atoms with van der Waals surface area (Å²) in [4.78, 5) is 2.36. The van der Waals surface area contributed by atoms with E-state index in [-0.39, 0.29) is 6.61 Å². The third-order valence-electron chi connectivity index (χ3n) is 3.17. The van der Waals surface area contributed by atoms with Gasteiger partial charge in [-0.2, -0.15) is 0 Å². The topological polar surface area (TPSA) is 23.5 Å². The molecule has 0 saturated carbocycles. The molecule has 0 aliphatic carbocycles. The lowest BCUT2D eigenvalue weighted by molar-refractivity contribution is 0.275. The molecule has 2 nitrogen and oxygen atoms in total. The number of rotatable bonds is 6. The summed E-state index contributed by atoms with van der Waals surface area (Å²) in [6.07, 6.45) is 1.76. The first kappa shape index (κ1) is 15.8. The number of aliphatic hydroxyl groups excluding tert-OH is 1. The van der Waals surface area contributed by atoms with Gasteiger partial charge in [0, 0.05) is 25.1 Å². The summed E-state index contributed by atoms with van der Waals surface area (Å²) in [6, 6.07) is 8.35. The summed E-state index contributed by atoms with van der Waals surface area (Å²) in [6.45, 7) is 6.73. The summed E-state index contributed by atoms with van der Waals surface area (Å²) in [5.74, 6) is 6.78. The van der Waals surface area contributed by atoms with Crippen LogP contribution in [0.1, 0.15) is 37.8 Å². The van der Waals surface area contributed by atoms with Crippen molar-refractivity contribution < 1.29 is 5.11 Å². The van der Waals surface area contributed by atoms with Crippen LogP contribution in [-0.4, -0.2) is 30.2 Å². The van der Waals surface area contributed by atoms with Crippen LogP contribution in [0.4, 0.5) is 0 Å². The van der Waals surface area contributed by atoms with E-state index in [1.807, 2.05) is 6.07 Å². The predicted molar refractivity (Wildman–Crippen MR) is 80.8 cm³/mol. The zero-order chi connectivity index (χ0) is 14.1. The quantitative estimate of drug-likeness (QED) is 0.794. The summed E-state index contributed by atoms with van der Waals surface area (Å²) >= 11 is 0. The van der Waals surface area contributed by atoms with Crippen molar-refractivity contribution in [1.29, 1.82) is 0 Å². The van der Waals surface area contributed by atoms with Gasteiger partial charge in [0.1, 0.15) is 0 Å². The minimum Gasteiger partial charge on any atom is -0.395 e. The van der Waals surface area contributed by atoms with E-state index in [1.54, 1.807) is 0 Å². The van der Waals surface area contributed by atoms with E-state index in [2.05, 4.69) is 55.8 Å². The molecule has 0 bridgehead atoms. The minimum atomic E-state index is 0.129. The van der Waals surface area contributed by atoms with Crippen LogP contribution in [0.25, 0.3) is 0 Å². The first-order valence-corrected chi connectivity index (χ1v) is 7.03. The molecule has 0 aliphatic rings. The average molecular weight is 259 g/mol. The van der Waals surface area contributed by atoms with Gasteiger partial charge in [-0.1, -0.05) is 44.2 Å². The van der Waals surface area contributed by atoms with Crippen LogP contribution in [-0.2, 0) is 6.54 Å². The number of hydrogen-bond donors (Lipinski definition) is 1. The van der Waals surface area contributed by atoms with Gasteiger partial charge in [-0.25, -0.2) is 0 Å². The molecule has 1 atom stereocenters. The fraction of sp³-hybridized carbons (Fsp3) is 0.529. The molecule has 0 radical (unpaired) electrons. The Balaban J connectivity index is 2.59. The van der Waals surface area contributed by atoms with Crippen LogP contribution in [0.15, 0.2) is 24.3 Å². The molecule has 0 heterocycles. The molecule has 0 amide bonds. The van der Waals surface area contributed by atoms with Crippen molar-refractivity contribution in [2.75, 3.05) is 20.2 Å². The van der Waals surface area contributed by atoms with Crippen LogP contribution in [0.3, 0.4) is 0 Å². The second-order valence-electron chi connectivity index (χ2n) is 5.19. The molecule has 1 N–H and O–H groups in total. The molecule has 1 rings (SSSR count). The van der Waals surface area contributed by atoms with Crippen LogP contribution in [0.2, 0.25) is 0 Å². The highest BCUT2D eigenvalue weighted by molar-refractivity contribution is 5.37. The Kier molecular flexibility index (Phi) is 7.25. The van der Waals surface area contributed by atoms with E-state index in [0.717, 1.165) is 24.6 Å². The summed E-state index contributed by atoms with van der Waals surface area (Å²) < 4.78 is 0. The second-order valence-corrected chi connectivity index (χ2v) is 5.19. The van der Waals surface area contributed by atoms with E-state index in [0.29, 0.717) is 6.42 Å². The monoisotopic (exact) mass is 259 g/mol. The van der Waals surface area contributed by atoms with Gasteiger partial charge >= 0.3 is 0 Å².